The van der Waals surface area contributed by atoms with E-state index in [-0.39, 0.29) is 6.54 Å². The van der Waals surface area contributed by atoms with Crippen LogP contribution < -0.4 is 24.7 Å². The monoisotopic (exact) mass is 583 g/mol. The first-order chi connectivity index (χ1) is 17.0. The average molecular weight is 584 g/mol. The van der Waals surface area contributed by atoms with Gasteiger partial charge >= 0.3 is 33.4 Å². The molecule has 19 heteroatoms. The third-order valence-corrected chi connectivity index (χ3v) is 5.32. The number of nitrogens with zero attached hydrogens (tertiary/aromatic N) is 4. The van der Waals surface area contributed by atoms with Crippen LogP contribution in [0.25, 0.3) is 0 Å². The molecule has 12 nitrogen and oxygen atoms in total. The molecule has 38 heavy (non-hydrogen) atoms. The van der Waals surface area contributed by atoms with Gasteiger partial charge in [-0.15, -0.1) is 0 Å². The van der Waals surface area contributed by atoms with Crippen molar-refractivity contribution in [2.75, 3.05) is 5.32 Å². The van der Waals surface area contributed by atoms with E-state index in [2.05, 4.69) is 24.0 Å². The third-order valence-electron chi connectivity index (χ3n) is 3.78. The number of anilines is 1. The summed E-state index contributed by atoms with van der Waals surface area (Å²) in [7, 11) is -2.97. The summed E-state index contributed by atoms with van der Waals surface area (Å²) in [6.45, 7) is 6.29. The molecule has 2 aromatic rings. The van der Waals surface area contributed by atoms with Gasteiger partial charge in [-0.05, 0) is 27.7 Å². The van der Waals surface area contributed by atoms with Crippen LogP contribution in [0.3, 0.4) is 0 Å². The number of carboxylic acids is 2. The molecule has 2 rings (SSSR count). The van der Waals surface area contributed by atoms with Crippen LogP contribution in [0.2, 0.25) is 0 Å². The van der Waals surface area contributed by atoms with Gasteiger partial charge in [-0.1, -0.05) is 0 Å². The molecule has 0 aliphatic carbocycles. The summed E-state index contributed by atoms with van der Waals surface area (Å²) < 4.78 is 102. The van der Waals surface area contributed by atoms with Crippen LogP contribution >= 0.6 is 0 Å². The predicted octanol–water partition coefficient (Wildman–Crippen LogP) is -1.03. The van der Waals surface area contributed by atoms with Gasteiger partial charge in [0.1, 0.15) is 18.6 Å². The van der Waals surface area contributed by atoms with Gasteiger partial charge in [0, 0.05) is 11.9 Å². The van der Waals surface area contributed by atoms with Crippen molar-refractivity contribution >= 4 is 33.6 Å². The topological polar surface area (TPSA) is 161 Å². The number of imidazole rings is 2. The standard InChI is InChI=1S/C9H9F6N3O3S.C6H11N2.2C2H4O2/c1-3-18-4-5(22(20,21)9(13,14)15)17(2)7(18)16-6(19)8(10,11)12;1-3-8-5-4-7(2)6-8;2*1-2(3)4/h4H,3H2,1-2H3;4-6H,3H2,1-2H3;2*1H3,(H,3,4)/q;+1;;/p-1. The van der Waals surface area contributed by atoms with Gasteiger partial charge in [0.05, 0.1) is 27.2 Å². The second kappa shape index (κ2) is 14.9. The number of carboxylic acid groups (broad SMARTS) is 2. The van der Waals surface area contributed by atoms with Gasteiger partial charge < -0.3 is 19.8 Å². The van der Waals surface area contributed by atoms with Crippen molar-refractivity contribution in [3.05, 3.63) is 24.9 Å². The summed E-state index contributed by atoms with van der Waals surface area (Å²) in [5.74, 6) is -5.35. The molecule has 1 N–H and O–H groups in total. The van der Waals surface area contributed by atoms with Gasteiger partial charge in [0.15, 0.2) is 0 Å². The van der Waals surface area contributed by atoms with Gasteiger partial charge in [-0.2, -0.15) is 26.3 Å². The molecule has 0 bridgehead atoms. The molecular formula is C19H27F6N5O7S. The Morgan fingerprint density at radius 2 is 1.47 bits per heavy atom. The lowest BCUT2D eigenvalue weighted by Gasteiger charge is -2.06. The van der Waals surface area contributed by atoms with Gasteiger partial charge in [0.25, 0.3) is 0 Å². The molecule has 0 aliphatic rings. The number of hydrogen-bond acceptors (Lipinski definition) is 7. The van der Waals surface area contributed by atoms with Gasteiger partial charge in [-0.25, -0.2) is 36.8 Å². The molecule has 1 amide bonds. The van der Waals surface area contributed by atoms with E-state index in [0.29, 0.717) is 10.8 Å². The molecule has 2 heterocycles. The smallest absolute Gasteiger partial charge is 0.504 e. The van der Waals surface area contributed by atoms with Crippen molar-refractivity contribution in [2.24, 2.45) is 14.1 Å². The van der Waals surface area contributed by atoms with Crippen molar-refractivity contribution in [1.82, 2.24) is 9.13 Å². The van der Waals surface area contributed by atoms with Crippen LogP contribution in [0.15, 0.2) is 29.9 Å². The van der Waals surface area contributed by atoms with Crippen molar-refractivity contribution < 1.29 is 68.5 Å². The summed E-state index contributed by atoms with van der Waals surface area (Å²) in [5, 5.41) is 17.8. The quantitative estimate of drug-likeness (QED) is 0.356. The zero-order valence-electron chi connectivity index (χ0n) is 21.0. The minimum Gasteiger partial charge on any atom is -0.550 e. The normalized spacial score (nSPS) is 11.1. The molecule has 0 unspecified atom stereocenters. The van der Waals surface area contributed by atoms with Crippen molar-refractivity contribution in [1.29, 1.82) is 0 Å². The van der Waals surface area contributed by atoms with E-state index in [4.69, 9.17) is 19.8 Å². The second-order valence-corrected chi connectivity index (χ2v) is 8.82. The first-order valence-electron chi connectivity index (χ1n) is 10.2. The Kier molecular flexibility index (Phi) is 14.4. The number of sulfone groups is 1. The van der Waals surface area contributed by atoms with Crippen LogP contribution in [-0.2, 0) is 51.4 Å². The van der Waals surface area contributed by atoms with E-state index < -0.39 is 50.3 Å². The number of carbonyl (C=O) groups is 3. The lowest BCUT2D eigenvalue weighted by atomic mass is 10.6. The zero-order chi connectivity index (χ0) is 30.6. The number of aromatic nitrogens is 4. The first-order valence-corrected chi connectivity index (χ1v) is 11.7. The fraction of sp³-hybridized carbons (Fsp3) is 0.526. The molecule has 0 fully saturated rings. The summed E-state index contributed by atoms with van der Waals surface area (Å²) in [6, 6.07) is 0. The maximum atomic E-state index is 12.5. The van der Waals surface area contributed by atoms with Gasteiger partial charge in [-0.3, -0.25) is 0 Å². The molecule has 0 aromatic carbocycles. The van der Waals surface area contributed by atoms with Crippen LogP contribution in [0.1, 0.15) is 27.7 Å². The fourth-order valence-electron chi connectivity index (χ4n) is 2.20. The summed E-state index contributed by atoms with van der Waals surface area (Å²) >= 11 is 0. The van der Waals surface area contributed by atoms with E-state index >= 15 is 0 Å². The Bertz CT molecular complexity index is 1170. The fourth-order valence-corrected chi connectivity index (χ4v) is 3.15. The maximum absolute atomic E-state index is 12.5. The number of halogens is 6. The summed E-state index contributed by atoms with van der Waals surface area (Å²) in [5.41, 5.74) is -5.63. The van der Waals surface area contributed by atoms with Crippen molar-refractivity contribution in [3.63, 3.8) is 0 Å². The highest BCUT2D eigenvalue weighted by molar-refractivity contribution is 7.92. The van der Waals surface area contributed by atoms with Crippen molar-refractivity contribution in [3.8, 4) is 0 Å². The number of carbonyl (C=O) groups excluding carboxylic acids is 3. The SMILES string of the molecule is CC(=O)[O-].CC(=O)[O-].CC[n+]1cc(S(=O)(=O)C(F)(F)F)n(C)c1NC(=O)C(F)(F)F.CCn1cc[n+](C)c1. The number of hydrogen-bond donors (Lipinski definition) is 1. The Morgan fingerprint density at radius 3 is 1.74 bits per heavy atom. The number of aliphatic carboxylic acids is 2. The molecule has 0 atom stereocenters. The van der Waals surface area contributed by atoms with E-state index in [0.717, 1.165) is 32.0 Å². The Labute approximate surface area is 213 Å². The molecule has 0 radical (unpaired) electrons. The molecule has 0 spiro atoms. The number of amides is 1. The van der Waals surface area contributed by atoms with E-state index in [9.17, 15) is 39.6 Å². The minimum absolute atomic E-state index is 0.172. The van der Waals surface area contributed by atoms with Crippen LogP contribution in [0.4, 0.5) is 32.3 Å². The first kappa shape index (κ1) is 36.5. The minimum atomic E-state index is -5.78. The predicted molar refractivity (Wildman–Crippen MR) is 112 cm³/mol. The lowest BCUT2D eigenvalue weighted by Crippen LogP contribution is -2.40. The molecule has 0 aliphatic heterocycles. The number of rotatable bonds is 4. The molecule has 218 valence electrons. The Morgan fingerprint density at radius 1 is 1.03 bits per heavy atom. The summed E-state index contributed by atoms with van der Waals surface area (Å²) in [6.07, 6.45) is 1.36. The molecule has 0 saturated carbocycles. The van der Waals surface area contributed by atoms with Crippen LogP contribution in [0, 0.1) is 0 Å². The van der Waals surface area contributed by atoms with E-state index in [1.165, 1.54) is 12.2 Å². The van der Waals surface area contributed by atoms with E-state index in [1.54, 1.807) is 0 Å². The summed E-state index contributed by atoms with van der Waals surface area (Å²) in [4.78, 5) is 28.7. The lowest BCUT2D eigenvalue weighted by molar-refractivity contribution is -0.679. The molecular weight excluding hydrogens is 556 g/mol. The molecule has 2 aromatic heterocycles. The number of aryl methyl sites for hydroxylation is 3. The average Bonchev–Trinajstić information content (AvgIpc) is 3.29. The zero-order valence-corrected chi connectivity index (χ0v) is 21.9. The Balaban J connectivity index is 0. The van der Waals surface area contributed by atoms with Crippen molar-refractivity contribution in [2.45, 2.75) is 57.5 Å². The highest BCUT2D eigenvalue weighted by atomic mass is 32.2. The van der Waals surface area contributed by atoms with Crippen LogP contribution in [0.5, 0.6) is 0 Å². The molecule has 0 saturated heterocycles. The largest absolute Gasteiger partial charge is 0.550 e. The van der Waals surface area contributed by atoms with E-state index in [1.807, 2.05) is 17.8 Å². The third kappa shape index (κ3) is 12.5. The highest BCUT2D eigenvalue weighted by Gasteiger charge is 2.51. The Hall–Kier alpha value is -3.64. The second-order valence-electron chi connectivity index (χ2n) is 6.93. The number of alkyl halides is 6. The number of nitrogens with one attached hydrogen (secondary N) is 1. The van der Waals surface area contributed by atoms with Gasteiger partial charge in [0.2, 0.25) is 11.4 Å². The maximum Gasteiger partial charge on any atom is 0.504 e. The highest BCUT2D eigenvalue weighted by Crippen LogP contribution is 2.30. The van der Waals surface area contributed by atoms with Crippen LogP contribution in [-0.4, -0.2) is 47.1 Å².